The summed E-state index contributed by atoms with van der Waals surface area (Å²) >= 11 is 0. The van der Waals surface area contributed by atoms with Crippen molar-refractivity contribution >= 4 is 17.8 Å². The Morgan fingerprint density at radius 1 is 1.07 bits per heavy atom. The summed E-state index contributed by atoms with van der Waals surface area (Å²) in [6, 6.07) is 10.5. The van der Waals surface area contributed by atoms with Crippen molar-refractivity contribution in [3.05, 3.63) is 59.3 Å². The van der Waals surface area contributed by atoms with Gasteiger partial charge in [0.2, 0.25) is 0 Å². The number of carbonyl (C=O) groups is 2. The third kappa shape index (κ3) is 5.43. The molecule has 2 heterocycles. The van der Waals surface area contributed by atoms with E-state index in [0.717, 1.165) is 30.0 Å². The first-order valence-electron chi connectivity index (χ1n) is 9.12. The highest BCUT2D eigenvalue weighted by atomic mass is 16.5. The summed E-state index contributed by atoms with van der Waals surface area (Å²) in [5, 5.41) is 5.64. The van der Waals surface area contributed by atoms with E-state index in [2.05, 4.69) is 25.3 Å². The molecule has 0 spiro atoms. The molecule has 2 aromatic rings. The van der Waals surface area contributed by atoms with Gasteiger partial charge in [0.05, 0.1) is 25.9 Å². The van der Waals surface area contributed by atoms with Gasteiger partial charge in [0.25, 0.3) is 0 Å². The second kappa shape index (κ2) is 9.70. The summed E-state index contributed by atoms with van der Waals surface area (Å²) in [4.78, 5) is 30.1. The van der Waals surface area contributed by atoms with Crippen molar-refractivity contribution < 1.29 is 19.1 Å². The Morgan fingerprint density at radius 2 is 1.75 bits per heavy atom. The normalized spacial score (nSPS) is 13.7. The van der Waals surface area contributed by atoms with Crippen molar-refractivity contribution in [2.24, 2.45) is 0 Å². The maximum absolute atomic E-state index is 12.1. The van der Waals surface area contributed by atoms with Crippen molar-refractivity contribution in [3.8, 4) is 0 Å². The fraction of sp³-hybridized carbons (Fsp3) is 0.350. The standard InChI is InChI=1S/C20H24N4O4/c1-27-19(25)17-4-2-15(3-5-17)13-22-20(26)23-14-16-6-7-21-18(12-16)24-8-10-28-11-9-24/h2-7,12H,8-11,13-14H2,1H3,(H2,22,23,26). The minimum atomic E-state index is -0.383. The molecule has 1 saturated heterocycles. The molecule has 0 saturated carbocycles. The third-order valence-corrected chi connectivity index (χ3v) is 4.43. The molecule has 0 atom stereocenters. The zero-order valence-electron chi connectivity index (χ0n) is 15.8. The molecule has 8 nitrogen and oxygen atoms in total. The van der Waals surface area contributed by atoms with E-state index in [1.807, 2.05) is 12.1 Å². The summed E-state index contributed by atoms with van der Waals surface area (Å²) < 4.78 is 10.0. The van der Waals surface area contributed by atoms with Crippen LogP contribution in [-0.2, 0) is 22.6 Å². The number of ether oxygens (including phenoxy) is 2. The molecule has 1 fully saturated rings. The lowest BCUT2D eigenvalue weighted by Gasteiger charge is -2.28. The van der Waals surface area contributed by atoms with Gasteiger partial charge < -0.3 is 25.0 Å². The smallest absolute Gasteiger partial charge is 0.337 e. The average Bonchev–Trinajstić information content (AvgIpc) is 2.77. The van der Waals surface area contributed by atoms with E-state index in [9.17, 15) is 9.59 Å². The summed E-state index contributed by atoms with van der Waals surface area (Å²) in [7, 11) is 1.34. The molecule has 0 radical (unpaired) electrons. The number of carbonyl (C=O) groups excluding carboxylic acids is 2. The Kier molecular flexibility index (Phi) is 6.80. The number of aromatic nitrogens is 1. The zero-order chi connectivity index (χ0) is 19.8. The molecule has 28 heavy (non-hydrogen) atoms. The highest BCUT2D eigenvalue weighted by Gasteiger charge is 2.12. The van der Waals surface area contributed by atoms with E-state index >= 15 is 0 Å². The number of rotatable bonds is 6. The second-order valence-corrected chi connectivity index (χ2v) is 6.35. The van der Waals surface area contributed by atoms with Gasteiger partial charge in [0.15, 0.2) is 0 Å². The summed E-state index contributed by atoms with van der Waals surface area (Å²) in [5.74, 6) is 0.514. The molecule has 0 aliphatic carbocycles. The predicted octanol–water partition coefficient (Wildman–Crippen LogP) is 1.70. The van der Waals surface area contributed by atoms with E-state index < -0.39 is 0 Å². The molecule has 3 rings (SSSR count). The van der Waals surface area contributed by atoms with E-state index in [-0.39, 0.29) is 12.0 Å². The van der Waals surface area contributed by atoms with Crippen LogP contribution in [0.2, 0.25) is 0 Å². The van der Waals surface area contributed by atoms with Crippen molar-refractivity contribution in [2.75, 3.05) is 38.3 Å². The molecule has 2 amide bonds. The van der Waals surface area contributed by atoms with Crippen LogP contribution in [0.5, 0.6) is 0 Å². The van der Waals surface area contributed by atoms with Crippen LogP contribution in [-0.4, -0.2) is 50.4 Å². The molecule has 0 bridgehead atoms. The van der Waals surface area contributed by atoms with Crippen LogP contribution in [0.3, 0.4) is 0 Å². The first kappa shape index (κ1) is 19.6. The Balaban J connectivity index is 1.46. The van der Waals surface area contributed by atoms with Crippen LogP contribution >= 0.6 is 0 Å². The summed E-state index contributed by atoms with van der Waals surface area (Å²) in [6.07, 6.45) is 1.75. The average molecular weight is 384 g/mol. The lowest BCUT2D eigenvalue weighted by molar-refractivity contribution is 0.0600. The predicted molar refractivity (Wildman–Crippen MR) is 104 cm³/mol. The minimum absolute atomic E-state index is 0.262. The Morgan fingerprint density at radius 3 is 2.43 bits per heavy atom. The maximum Gasteiger partial charge on any atom is 0.337 e. The second-order valence-electron chi connectivity index (χ2n) is 6.35. The summed E-state index contributed by atoms with van der Waals surface area (Å²) in [6.45, 7) is 3.81. The van der Waals surface area contributed by atoms with Crippen LogP contribution in [0, 0.1) is 0 Å². The Bertz CT molecular complexity index is 804. The number of methoxy groups -OCH3 is 1. The molecule has 148 valence electrons. The fourth-order valence-corrected chi connectivity index (χ4v) is 2.84. The van der Waals surface area contributed by atoms with Gasteiger partial charge in [-0.1, -0.05) is 12.1 Å². The molecular weight excluding hydrogens is 360 g/mol. The highest BCUT2D eigenvalue weighted by molar-refractivity contribution is 5.89. The maximum atomic E-state index is 12.1. The number of urea groups is 1. The molecular formula is C20H24N4O4. The molecule has 1 aliphatic heterocycles. The molecule has 1 aromatic heterocycles. The van der Waals surface area contributed by atoms with Gasteiger partial charge in [-0.25, -0.2) is 14.6 Å². The first-order chi connectivity index (χ1) is 13.7. The number of pyridine rings is 1. The van der Waals surface area contributed by atoms with Crippen LogP contribution in [0.4, 0.5) is 10.6 Å². The SMILES string of the molecule is COC(=O)c1ccc(CNC(=O)NCc2ccnc(N3CCOCC3)c2)cc1. The number of nitrogens with one attached hydrogen (secondary N) is 2. The van der Waals surface area contributed by atoms with Gasteiger partial charge in [0, 0.05) is 32.4 Å². The van der Waals surface area contributed by atoms with Gasteiger partial charge in [-0.3, -0.25) is 0 Å². The van der Waals surface area contributed by atoms with E-state index in [1.165, 1.54) is 7.11 Å². The molecule has 2 N–H and O–H groups in total. The number of benzene rings is 1. The number of hydrogen-bond acceptors (Lipinski definition) is 6. The van der Waals surface area contributed by atoms with Crippen LogP contribution < -0.4 is 15.5 Å². The molecule has 1 aliphatic rings. The van der Waals surface area contributed by atoms with Crippen molar-refractivity contribution in [2.45, 2.75) is 13.1 Å². The first-order valence-corrected chi connectivity index (χ1v) is 9.12. The number of anilines is 1. The van der Waals surface area contributed by atoms with Gasteiger partial charge in [-0.15, -0.1) is 0 Å². The van der Waals surface area contributed by atoms with E-state index in [1.54, 1.807) is 30.5 Å². The van der Waals surface area contributed by atoms with Gasteiger partial charge in [-0.05, 0) is 35.4 Å². The number of esters is 1. The molecule has 8 heteroatoms. The van der Waals surface area contributed by atoms with Crippen LogP contribution in [0.15, 0.2) is 42.6 Å². The lowest BCUT2D eigenvalue weighted by Crippen LogP contribution is -2.37. The largest absolute Gasteiger partial charge is 0.465 e. The molecule has 1 aromatic carbocycles. The zero-order valence-corrected chi connectivity index (χ0v) is 15.8. The minimum Gasteiger partial charge on any atom is -0.465 e. The van der Waals surface area contributed by atoms with E-state index in [4.69, 9.17) is 4.74 Å². The van der Waals surface area contributed by atoms with Gasteiger partial charge in [0.1, 0.15) is 5.82 Å². The number of amides is 2. The topological polar surface area (TPSA) is 92.8 Å². The number of nitrogens with zero attached hydrogens (tertiary/aromatic N) is 2. The fourth-order valence-electron chi connectivity index (χ4n) is 2.84. The number of hydrogen-bond donors (Lipinski definition) is 2. The Labute approximate surface area is 163 Å². The highest BCUT2D eigenvalue weighted by Crippen LogP contribution is 2.14. The summed E-state index contributed by atoms with van der Waals surface area (Å²) in [5.41, 5.74) is 2.35. The van der Waals surface area contributed by atoms with Crippen molar-refractivity contribution in [1.82, 2.24) is 15.6 Å². The quantitative estimate of drug-likeness (QED) is 0.737. The van der Waals surface area contributed by atoms with Gasteiger partial charge >= 0.3 is 12.0 Å². The molecule has 0 unspecified atom stereocenters. The van der Waals surface area contributed by atoms with Crippen LogP contribution in [0.1, 0.15) is 21.5 Å². The Hall–Kier alpha value is -3.13. The van der Waals surface area contributed by atoms with Crippen molar-refractivity contribution in [3.63, 3.8) is 0 Å². The monoisotopic (exact) mass is 384 g/mol. The van der Waals surface area contributed by atoms with Gasteiger partial charge in [-0.2, -0.15) is 0 Å². The lowest BCUT2D eigenvalue weighted by atomic mass is 10.1. The number of morpholine rings is 1. The third-order valence-electron chi connectivity index (χ3n) is 4.43. The van der Waals surface area contributed by atoms with Crippen LogP contribution in [0.25, 0.3) is 0 Å². The van der Waals surface area contributed by atoms with Crippen molar-refractivity contribution in [1.29, 1.82) is 0 Å². The van der Waals surface area contributed by atoms with E-state index in [0.29, 0.717) is 31.9 Å².